The van der Waals surface area contributed by atoms with Crippen LogP contribution in [0.3, 0.4) is 0 Å². The van der Waals surface area contributed by atoms with E-state index in [9.17, 15) is 4.79 Å². The lowest BCUT2D eigenvalue weighted by atomic mass is 10.6. The van der Waals surface area contributed by atoms with Gasteiger partial charge in [-0.1, -0.05) is 0 Å². The molecule has 0 spiro atoms. The summed E-state index contributed by atoms with van der Waals surface area (Å²) >= 11 is 0. The van der Waals surface area contributed by atoms with E-state index in [4.69, 9.17) is 4.74 Å². The summed E-state index contributed by atoms with van der Waals surface area (Å²) in [6.45, 7) is 4.33. The highest BCUT2D eigenvalue weighted by molar-refractivity contribution is 5.34. The molecule has 1 aromatic rings. The number of likely N-dealkylation sites (N-methyl/N-ethyl adjacent to an activating group) is 1. The van der Waals surface area contributed by atoms with Gasteiger partial charge in [0, 0.05) is 19.6 Å². The molecule has 6 nitrogen and oxygen atoms in total. The fourth-order valence-electron chi connectivity index (χ4n) is 1.55. The lowest BCUT2D eigenvalue weighted by molar-refractivity contribution is 0.374. The van der Waals surface area contributed by atoms with Crippen molar-refractivity contribution in [2.24, 2.45) is 0 Å². The molecule has 2 heterocycles. The molecule has 1 aliphatic rings. The van der Waals surface area contributed by atoms with Gasteiger partial charge in [-0.25, -0.2) is 4.79 Å². The summed E-state index contributed by atoms with van der Waals surface area (Å²) in [6.07, 6.45) is 0. The van der Waals surface area contributed by atoms with Crippen LogP contribution in [0.25, 0.3) is 0 Å². The van der Waals surface area contributed by atoms with Gasteiger partial charge in [0.1, 0.15) is 0 Å². The zero-order chi connectivity index (χ0) is 10.1. The van der Waals surface area contributed by atoms with Gasteiger partial charge in [-0.3, -0.25) is 4.57 Å². The van der Waals surface area contributed by atoms with Gasteiger partial charge in [0.25, 0.3) is 0 Å². The highest BCUT2D eigenvalue weighted by Gasteiger charge is 2.21. The molecule has 0 saturated carbocycles. The molecule has 0 fully saturated rings. The van der Waals surface area contributed by atoms with Crippen LogP contribution in [-0.2, 0) is 6.54 Å². The molecule has 0 N–H and O–H groups in total. The van der Waals surface area contributed by atoms with Gasteiger partial charge < -0.3 is 9.64 Å². The molecule has 1 aromatic heterocycles. The van der Waals surface area contributed by atoms with Crippen molar-refractivity contribution in [3.05, 3.63) is 10.5 Å². The summed E-state index contributed by atoms with van der Waals surface area (Å²) in [5.41, 5.74) is -0.289. The smallest absolute Gasteiger partial charge is 0.355 e. The van der Waals surface area contributed by atoms with E-state index in [2.05, 4.69) is 9.97 Å². The summed E-state index contributed by atoms with van der Waals surface area (Å²) in [6, 6.07) is 0.140. The van der Waals surface area contributed by atoms with E-state index in [0.29, 0.717) is 12.5 Å². The minimum absolute atomic E-state index is 0.140. The zero-order valence-electron chi connectivity index (χ0n) is 8.23. The van der Waals surface area contributed by atoms with Crippen LogP contribution in [0.5, 0.6) is 6.01 Å². The second-order valence-electron chi connectivity index (χ2n) is 3.02. The predicted octanol–water partition coefficient (Wildman–Crippen LogP) is -0.513. The first-order valence-corrected chi connectivity index (χ1v) is 4.54. The van der Waals surface area contributed by atoms with Crippen molar-refractivity contribution < 1.29 is 4.74 Å². The molecule has 0 unspecified atom stereocenters. The van der Waals surface area contributed by atoms with Gasteiger partial charge in [-0.05, 0) is 6.92 Å². The highest BCUT2D eigenvalue weighted by atomic mass is 16.5. The van der Waals surface area contributed by atoms with Crippen molar-refractivity contribution in [1.29, 1.82) is 0 Å². The van der Waals surface area contributed by atoms with Crippen LogP contribution in [0.2, 0.25) is 0 Å². The average Bonchev–Trinajstić information content (AvgIpc) is 2.61. The molecule has 0 saturated heterocycles. The van der Waals surface area contributed by atoms with Gasteiger partial charge in [-0.2, -0.15) is 4.98 Å². The minimum atomic E-state index is -0.289. The number of methoxy groups -OCH3 is 1. The Morgan fingerprint density at radius 1 is 1.43 bits per heavy atom. The third-order valence-electron chi connectivity index (χ3n) is 2.30. The standard InChI is InChI=1S/C8H12N4O2/c1-3-11-4-5-12-7(11)9-6(14-2)10-8(12)13/h3-5H2,1-2H3. The average molecular weight is 196 g/mol. The van der Waals surface area contributed by atoms with Crippen LogP contribution < -0.4 is 15.3 Å². The predicted molar refractivity (Wildman–Crippen MR) is 50.7 cm³/mol. The number of hydrogen-bond acceptors (Lipinski definition) is 5. The Morgan fingerprint density at radius 3 is 2.86 bits per heavy atom. The zero-order valence-corrected chi connectivity index (χ0v) is 8.23. The Bertz CT molecular complexity index is 401. The second kappa shape index (κ2) is 3.28. The number of ether oxygens (including phenoxy) is 1. The molecule has 0 atom stereocenters. The Balaban J connectivity index is 2.53. The van der Waals surface area contributed by atoms with Crippen molar-refractivity contribution in [2.45, 2.75) is 13.5 Å². The van der Waals surface area contributed by atoms with E-state index in [1.165, 1.54) is 7.11 Å². The van der Waals surface area contributed by atoms with Gasteiger partial charge >= 0.3 is 11.7 Å². The van der Waals surface area contributed by atoms with Gasteiger partial charge in [0.15, 0.2) is 0 Å². The van der Waals surface area contributed by atoms with E-state index >= 15 is 0 Å². The molecule has 0 radical (unpaired) electrons. The van der Waals surface area contributed by atoms with Crippen LogP contribution in [-0.4, -0.2) is 34.7 Å². The van der Waals surface area contributed by atoms with Crippen molar-refractivity contribution in [2.75, 3.05) is 25.1 Å². The summed E-state index contributed by atoms with van der Waals surface area (Å²) in [5, 5.41) is 0. The number of hydrogen-bond donors (Lipinski definition) is 0. The number of anilines is 1. The minimum Gasteiger partial charge on any atom is -0.467 e. The summed E-state index contributed by atoms with van der Waals surface area (Å²) in [5.74, 6) is 0.657. The molecular weight excluding hydrogens is 184 g/mol. The molecule has 76 valence electrons. The maximum absolute atomic E-state index is 11.5. The normalized spacial score (nSPS) is 14.3. The van der Waals surface area contributed by atoms with E-state index in [-0.39, 0.29) is 11.7 Å². The molecule has 0 aromatic carbocycles. The van der Waals surface area contributed by atoms with Gasteiger partial charge in [0.05, 0.1) is 7.11 Å². The number of rotatable bonds is 2. The van der Waals surface area contributed by atoms with Crippen LogP contribution in [0.4, 0.5) is 5.95 Å². The van der Waals surface area contributed by atoms with Gasteiger partial charge in [-0.15, -0.1) is 4.98 Å². The fourth-order valence-corrected chi connectivity index (χ4v) is 1.55. The lowest BCUT2D eigenvalue weighted by Gasteiger charge is -2.13. The molecule has 0 bridgehead atoms. The monoisotopic (exact) mass is 196 g/mol. The van der Waals surface area contributed by atoms with Crippen molar-refractivity contribution in [1.82, 2.24) is 14.5 Å². The van der Waals surface area contributed by atoms with Crippen molar-refractivity contribution in [3.8, 4) is 6.01 Å². The fraction of sp³-hybridized carbons (Fsp3) is 0.625. The van der Waals surface area contributed by atoms with Gasteiger partial charge in [0.2, 0.25) is 5.95 Å². The molecule has 2 rings (SSSR count). The first kappa shape index (κ1) is 8.98. The Morgan fingerprint density at radius 2 is 2.21 bits per heavy atom. The Labute approximate surface area is 81.2 Å². The molecular formula is C8H12N4O2. The molecule has 14 heavy (non-hydrogen) atoms. The van der Waals surface area contributed by atoms with Crippen LogP contribution in [0.15, 0.2) is 4.79 Å². The summed E-state index contributed by atoms with van der Waals surface area (Å²) in [7, 11) is 1.46. The lowest BCUT2D eigenvalue weighted by Crippen LogP contribution is -2.24. The quantitative estimate of drug-likeness (QED) is 0.637. The Hall–Kier alpha value is -1.59. The largest absolute Gasteiger partial charge is 0.467 e. The van der Waals surface area contributed by atoms with E-state index < -0.39 is 0 Å². The van der Waals surface area contributed by atoms with E-state index in [0.717, 1.165) is 13.1 Å². The van der Waals surface area contributed by atoms with Crippen LogP contribution in [0, 0.1) is 0 Å². The highest BCUT2D eigenvalue weighted by Crippen LogP contribution is 2.16. The number of aromatic nitrogens is 3. The number of fused-ring (bicyclic) bond motifs is 1. The maximum Gasteiger partial charge on any atom is 0.355 e. The molecule has 6 heteroatoms. The maximum atomic E-state index is 11.5. The summed E-state index contributed by atoms with van der Waals surface area (Å²) in [4.78, 5) is 21.3. The number of nitrogens with zero attached hydrogens (tertiary/aromatic N) is 4. The van der Waals surface area contributed by atoms with Crippen molar-refractivity contribution >= 4 is 5.95 Å². The third kappa shape index (κ3) is 1.23. The van der Waals surface area contributed by atoms with E-state index in [1.54, 1.807) is 4.57 Å². The topological polar surface area (TPSA) is 60.3 Å². The van der Waals surface area contributed by atoms with E-state index in [1.807, 2.05) is 11.8 Å². The molecule has 1 aliphatic heterocycles. The molecule has 0 aliphatic carbocycles. The first-order chi connectivity index (χ1) is 6.76. The third-order valence-corrected chi connectivity index (χ3v) is 2.30. The first-order valence-electron chi connectivity index (χ1n) is 4.54. The SMILES string of the molecule is CCN1CCn2c1nc(OC)nc2=O. The summed E-state index contributed by atoms with van der Waals surface area (Å²) < 4.78 is 6.41. The van der Waals surface area contributed by atoms with Crippen LogP contribution in [0.1, 0.15) is 6.92 Å². The van der Waals surface area contributed by atoms with Crippen LogP contribution >= 0.6 is 0 Å². The van der Waals surface area contributed by atoms with Crippen molar-refractivity contribution in [3.63, 3.8) is 0 Å². The Kier molecular flexibility index (Phi) is 2.11. The second-order valence-corrected chi connectivity index (χ2v) is 3.02. The molecule has 0 amide bonds.